The molecule has 2 atom stereocenters. The lowest BCUT2D eigenvalue weighted by atomic mass is 9.80. The molecule has 1 heteroatoms. The molecule has 0 aromatic heterocycles. The van der Waals surface area contributed by atoms with Crippen LogP contribution in [0.15, 0.2) is 11.6 Å². The lowest BCUT2D eigenvalue weighted by Gasteiger charge is -2.31. The van der Waals surface area contributed by atoms with Crippen molar-refractivity contribution in [3.8, 4) is 0 Å². The maximum absolute atomic E-state index is 9.84. The van der Waals surface area contributed by atoms with Crippen LogP contribution in [0.25, 0.3) is 0 Å². The SMILES string of the molecule is CC1CC2=CCC(O)(C2)C1. The van der Waals surface area contributed by atoms with E-state index in [4.69, 9.17) is 0 Å². The van der Waals surface area contributed by atoms with Crippen molar-refractivity contribution in [2.75, 3.05) is 0 Å². The molecule has 2 rings (SSSR count). The third kappa shape index (κ3) is 0.891. The molecule has 2 bridgehead atoms. The van der Waals surface area contributed by atoms with Gasteiger partial charge in [0.2, 0.25) is 0 Å². The first kappa shape index (κ1) is 6.41. The van der Waals surface area contributed by atoms with Gasteiger partial charge in [0.15, 0.2) is 0 Å². The molecular weight excluding hydrogens is 124 g/mol. The number of hydrogen-bond donors (Lipinski definition) is 1. The third-order valence-corrected chi connectivity index (χ3v) is 2.67. The van der Waals surface area contributed by atoms with Crippen LogP contribution in [0.5, 0.6) is 0 Å². The van der Waals surface area contributed by atoms with Gasteiger partial charge in [-0.1, -0.05) is 18.6 Å². The molecule has 1 N–H and O–H groups in total. The zero-order chi connectivity index (χ0) is 7.19. The van der Waals surface area contributed by atoms with E-state index in [0.29, 0.717) is 5.92 Å². The van der Waals surface area contributed by atoms with E-state index in [1.807, 2.05) is 0 Å². The van der Waals surface area contributed by atoms with Crippen molar-refractivity contribution in [1.29, 1.82) is 0 Å². The predicted molar refractivity (Wildman–Crippen MR) is 40.7 cm³/mol. The zero-order valence-electron chi connectivity index (χ0n) is 6.43. The molecule has 56 valence electrons. The molecule has 1 saturated carbocycles. The van der Waals surface area contributed by atoms with Gasteiger partial charge >= 0.3 is 0 Å². The largest absolute Gasteiger partial charge is 0.389 e. The summed E-state index contributed by atoms with van der Waals surface area (Å²) in [4.78, 5) is 0. The van der Waals surface area contributed by atoms with E-state index in [0.717, 1.165) is 19.3 Å². The minimum atomic E-state index is -0.326. The third-order valence-electron chi connectivity index (χ3n) is 2.67. The van der Waals surface area contributed by atoms with E-state index >= 15 is 0 Å². The van der Waals surface area contributed by atoms with Crippen LogP contribution in [-0.2, 0) is 0 Å². The highest BCUT2D eigenvalue weighted by molar-refractivity contribution is 5.20. The minimum absolute atomic E-state index is 0.326. The summed E-state index contributed by atoms with van der Waals surface area (Å²) in [6.07, 6.45) is 6.32. The molecule has 1 nitrogen and oxygen atoms in total. The van der Waals surface area contributed by atoms with E-state index in [2.05, 4.69) is 13.0 Å². The highest BCUT2D eigenvalue weighted by Gasteiger charge is 2.37. The molecule has 0 spiro atoms. The zero-order valence-corrected chi connectivity index (χ0v) is 6.43. The van der Waals surface area contributed by atoms with Gasteiger partial charge in [-0.05, 0) is 31.6 Å². The second kappa shape index (κ2) is 1.85. The van der Waals surface area contributed by atoms with Crippen LogP contribution < -0.4 is 0 Å². The van der Waals surface area contributed by atoms with Crippen LogP contribution in [0.2, 0.25) is 0 Å². The lowest BCUT2D eigenvalue weighted by molar-refractivity contribution is 0.0182. The van der Waals surface area contributed by atoms with Crippen LogP contribution in [-0.4, -0.2) is 10.7 Å². The Labute approximate surface area is 61.8 Å². The van der Waals surface area contributed by atoms with Gasteiger partial charge in [0.05, 0.1) is 5.60 Å². The van der Waals surface area contributed by atoms with Gasteiger partial charge in [-0.3, -0.25) is 0 Å². The first-order valence-corrected chi connectivity index (χ1v) is 4.08. The van der Waals surface area contributed by atoms with E-state index < -0.39 is 0 Å². The summed E-state index contributed by atoms with van der Waals surface area (Å²) in [5.74, 6) is 0.701. The molecule has 2 aliphatic rings. The minimum Gasteiger partial charge on any atom is -0.389 e. The summed E-state index contributed by atoms with van der Waals surface area (Å²) in [7, 11) is 0. The number of aliphatic hydroxyl groups is 1. The maximum atomic E-state index is 9.84. The molecule has 0 saturated heterocycles. The summed E-state index contributed by atoms with van der Waals surface area (Å²) in [5.41, 5.74) is 1.16. The first-order valence-electron chi connectivity index (χ1n) is 4.08. The van der Waals surface area contributed by atoms with Crippen LogP contribution in [0.3, 0.4) is 0 Å². The normalized spacial score (nSPS) is 45.4. The van der Waals surface area contributed by atoms with Gasteiger partial charge < -0.3 is 5.11 Å². The molecule has 1 fully saturated rings. The molecular formula is C9H14O. The molecule has 0 heterocycles. The monoisotopic (exact) mass is 138 g/mol. The summed E-state index contributed by atoms with van der Waals surface area (Å²) in [5, 5.41) is 9.84. The molecule has 0 amide bonds. The van der Waals surface area contributed by atoms with Crippen LogP contribution in [0.1, 0.15) is 32.6 Å². The molecule has 0 radical (unpaired) electrons. The number of hydrogen-bond acceptors (Lipinski definition) is 1. The fourth-order valence-corrected chi connectivity index (χ4v) is 2.38. The Morgan fingerprint density at radius 2 is 2.50 bits per heavy atom. The van der Waals surface area contributed by atoms with Crippen molar-refractivity contribution < 1.29 is 5.11 Å². The number of fused-ring (bicyclic) bond motifs is 2. The Kier molecular flexibility index (Phi) is 1.19. The molecule has 2 aliphatic carbocycles. The Balaban J connectivity index is 2.20. The van der Waals surface area contributed by atoms with Gasteiger partial charge in [0, 0.05) is 0 Å². The molecule has 2 unspecified atom stereocenters. The Hall–Kier alpha value is -0.300. The van der Waals surface area contributed by atoms with E-state index in [-0.39, 0.29) is 5.60 Å². The standard InChI is InChI=1S/C9H14O/c1-7-4-8-2-3-9(10,5-7)6-8/h2,7,10H,3-6H2,1H3. The van der Waals surface area contributed by atoms with Gasteiger partial charge in [-0.2, -0.15) is 0 Å². The van der Waals surface area contributed by atoms with Crippen LogP contribution >= 0.6 is 0 Å². The predicted octanol–water partition coefficient (Wildman–Crippen LogP) is 1.87. The summed E-state index contributed by atoms with van der Waals surface area (Å²) in [6.45, 7) is 2.23. The highest BCUT2D eigenvalue weighted by Crippen LogP contribution is 2.43. The smallest absolute Gasteiger partial charge is 0.0721 e. The van der Waals surface area contributed by atoms with E-state index in [1.165, 1.54) is 12.0 Å². The Bertz CT molecular complexity index is 183. The second-order valence-electron chi connectivity index (χ2n) is 3.98. The average molecular weight is 138 g/mol. The fourth-order valence-electron chi connectivity index (χ4n) is 2.38. The lowest BCUT2D eigenvalue weighted by Crippen LogP contribution is -2.30. The van der Waals surface area contributed by atoms with E-state index in [1.54, 1.807) is 0 Å². The van der Waals surface area contributed by atoms with Crippen molar-refractivity contribution in [2.45, 2.75) is 38.2 Å². The van der Waals surface area contributed by atoms with Gasteiger partial charge in [-0.25, -0.2) is 0 Å². The average Bonchev–Trinajstić information content (AvgIpc) is 2.06. The quantitative estimate of drug-likeness (QED) is 0.507. The van der Waals surface area contributed by atoms with Crippen LogP contribution in [0.4, 0.5) is 0 Å². The first-order chi connectivity index (χ1) is 4.68. The summed E-state index contributed by atoms with van der Waals surface area (Å²) in [6, 6.07) is 0. The second-order valence-corrected chi connectivity index (χ2v) is 3.98. The van der Waals surface area contributed by atoms with Gasteiger partial charge in [0.25, 0.3) is 0 Å². The molecule has 10 heavy (non-hydrogen) atoms. The molecule has 0 aliphatic heterocycles. The Morgan fingerprint density at radius 3 is 3.20 bits per heavy atom. The van der Waals surface area contributed by atoms with Crippen molar-refractivity contribution in [3.63, 3.8) is 0 Å². The van der Waals surface area contributed by atoms with Crippen molar-refractivity contribution in [1.82, 2.24) is 0 Å². The van der Waals surface area contributed by atoms with Crippen LogP contribution in [0, 0.1) is 5.92 Å². The van der Waals surface area contributed by atoms with E-state index in [9.17, 15) is 5.11 Å². The van der Waals surface area contributed by atoms with Crippen molar-refractivity contribution in [2.24, 2.45) is 5.92 Å². The summed E-state index contributed by atoms with van der Waals surface area (Å²) >= 11 is 0. The summed E-state index contributed by atoms with van der Waals surface area (Å²) < 4.78 is 0. The number of rotatable bonds is 0. The van der Waals surface area contributed by atoms with Gasteiger partial charge in [-0.15, -0.1) is 0 Å². The topological polar surface area (TPSA) is 20.2 Å². The molecule has 0 aromatic rings. The molecule has 0 aromatic carbocycles. The highest BCUT2D eigenvalue weighted by atomic mass is 16.3. The Morgan fingerprint density at radius 1 is 1.70 bits per heavy atom. The van der Waals surface area contributed by atoms with Gasteiger partial charge in [0.1, 0.15) is 0 Å². The van der Waals surface area contributed by atoms with Crippen molar-refractivity contribution in [3.05, 3.63) is 11.6 Å². The van der Waals surface area contributed by atoms with Crippen molar-refractivity contribution >= 4 is 0 Å². The fraction of sp³-hybridized carbons (Fsp3) is 0.778. The maximum Gasteiger partial charge on any atom is 0.0721 e.